The van der Waals surface area contributed by atoms with Crippen LogP contribution in [0.25, 0.3) is 0 Å². The fraction of sp³-hybridized carbons (Fsp3) is 0.846. The molecule has 1 rings (SSSR count). The minimum Gasteiger partial charge on any atom is -0.341 e. The van der Waals surface area contributed by atoms with Gasteiger partial charge in [0.1, 0.15) is 0 Å². The zero-order valence-electron chi connectivity index (χ0n) is 10.4. The maximum Gasteiger partial charge on any atom is 0.222 e. The molecule has 0 radical (unpaired) electrons. The summed E-state index contributed by atoms with van der Waals surface area (Å²) >= 11 is 0. The maximum atomic E-state index is 12.0. The van der Waals surface area contributed by atoms with Crippen molar-refractivity contribution in [3.8, 4) is 6.07 Å². The molecule has 1 fully saturated rings. The standard InChI is InChI=1S/C13H22N2O/c1-11(2)10-15(8-4-7-14)13(16)9-12-5-3-6-12/h11-12H,3-6,8-10H2,1-2H3. The Kier molecular flexibility index (Phi) is 5.31. The van der Waals surface area contributed by atoms with Crippen molar-refractivity contribution in [1.29, 1.82) is 5.26 Å². The molecule has 0 aliphatic heterocycles. The average molecular weight is 222 g/mol. The number of nitriles is 1. The van der Waals surface area contributed by atoms with Gasteiger partial charge in [0.15, 0.2) is 0 Å². The van der Waals surface area contributed by atoms with Crippen LogP contribution in [0.15, 0.2) is 0 Å². The van der Waals surface area contributed by atoms with Crippen molar-refractivity contribution in [1.82, 2.24) is 4.90 Å². The van der Waals surface area contributed by atoms with E-state index in [1.54, 1.807) is 0 Å². The number of hydrogen-bond donors (Lipinski definition) is 0. The molecule has 0 heterocycles. The monoisotopic (exact) mass is 222 g/mol. The average Bonchev–Trinajstić information content (AvgIpc) is 2.17. The van der Waals surface area contributed by atoms with Gasteiger partial charge >= 0.3 is 0 Å². The Morgan fingerprint density at radius 2 is 2.19 bits per heavy atom. The first-order chi connectivity index (χ1) is 7.63. The molecule has 16 heavy (non-hydrogen) atoms. The third-order valence-electron chi connectivity index (χ3n) is 3.12. The molecule has 0 aromatic rings. The van der Waals surface area contributed by atoms with Gasteiger partial charge in [-0.15, -0.1) is 0 Å². The molecule has 1 amide bonds. The molecule has 0 aromatic carbocycles. The molecule has 1 aliphatic carbocycles. The largest absolute Gasteiger partial charge is 0.341 e. The summed E-state index contributed by atoms with van der Waals surface area (Å²) in [4.78, 5) is 13.9. The van der Waals surface area contributed by atoms with E-state index in [4.69, 9.17) is 5.26 Å². The molecule has 1 saturated carbocycles. The van der Waals surface area contributed by atoms with Gasteiger partial charge in [0.25, 0.3) is 0 Å². The van der Waals surface area contributed by atoms with Crippen molar-refractivity contribution in [3.63, 3.8) is 0 Å². The van der Waals surface area contributed by atoms with E-state index in [0.717, 1.165) is 6.54 Å². The van der Waals surface area contributed by atoms with Crippen LogP contribution in [-0.4, -0.2) is 23.9 Å². The van der Waals surface area contributed by atoms with Crippen molar-refractivity contribution < 1.29 is 4.79 Å². The predicted molar refractivity (Wildman–Crippen MR) is 63.6 cm³/mol. The van der Waals surface area contributed by atoms with Gasteiger partial charge in [0, 0.05) is 19.5 Å². The van der Waals surface area contributed by atoms with Crippen molar-refractivity contribution in [2.24, 2.45) is 11.8 Å². The number of rotatable bonds is 6. The van der Waals surface area contributed by atoms with Crippen molar-refractivity contribution >= 4 is 5.91 Å². The zero-order valence-corrected chi connectivity index (χ0v) is 10.4. The SMILES string of the molecule is CC(C)CN(CCC#N)C(=O)CC1CCC1. The summed E-state index contributed by atoms with van der Waals surface area (Å²) in [5.41, 5.74) is 0. The summed E-state index contributed by atoms with van der Waals surface area (Å²) in [6.45, 7) is 5.60. The van der Waals surface area contributed by atoms with Crippen LogP contribution in [0.2, 0.25) is 0 Å². The van der Waals surface area contributed by atoms with Crippen molar-refractivity contribution in [3.05, 3.63) is 0 Å². The molecule has 0 unspecified atom stereocenters. The molecule has 0 bridgehead atoms. The van der Waals surface area contributed by atoms with Crippen LogP contribution in [0, 0.1) is 23.2 Å². The van der Waals surface area contributed by atoms with Gasteiger partial charge in [0.2, 0.25) is 5.91 Å². The van der Waals surface area contributed by atoms with Gasteiger partial charge < -0.3 is 4.90 Å². The lowest BCUT2D eigenvalue weighted by Crippen LogP contribution is -2.36. The minimum atomic E-state index is 0.244. The van der Waals surface area contributed by atoms with E-state index < -0.39 is 0 Å². The first kappa shape index (κ1) is 13.0. The molecule has 0 N–H and O–H groups in total. The maximum absolute atomic E-state index is 12.0. The first-order valence-corrected chi connectivity index (χ1v) is 6.28. The number of hydrogen-bond acceptors (Lipinski definition) is 2. The third-order valence-corrected chi connectivity index (χ3v) is 3.12. The van der Waals surface area contributed by atoms with E-state index >= 15 is 0 Å². The van der Waals surface area contributed by atoms with Crippen molar-refractivity contribution in [2.45, 2.75) is 46.0 Å². The smallest absolute Gasteiger partial charge is 0.222 e. The van der Waals surface area contributed by atoms with E-state index in [-0.39, 0.29) is 5.91 Å². The Labute approximate surface area is 98.4 Å². The fourth-order valence-corrected chi connectivity index (χ4v) is 2.02. The quantitative estimate of drug-likeness (QED) is 0.693. The number of amides is 1. The van der Waals surface area contributed by atoms with E-state index in [9.17, 15) is 4.79 Å². The van der Waals surface area contributed by atoms with Gasteiger partial charge in [-0.05, 0) is 24.7 Å². The summed E-state index contributed by atoms with van der Waals surface area (Å²) in [5.74, 6) is 1.34. The van der Waals surface area contributed by atoms with Gasteiger partial charge in [-0.1, -0.05) is 20.3 Å². The van der Waals surface area contributed by atoms with E-state index in [1.165, 1.54) is 19.3 Å². The highest BCUT2D eigenvalue weighted by Gasteiger charge is 2.23. The number of carbonyl (C=O) groups is 1. The number of nitrogens with zero attached hydrogens (tertiary/aromatic N) is 2. The van der Waals surface area contributed by atoms with Crippen LogP contribution >= 0.6 is 0 Å². The third kappa shape index (κ3) is 4.22. The number of carbonyl (C=O) groups excluding carboxylic acids is 1. The summed E-state index contributed by atoms with van der Waals surface area (Å²) in [5, 5.41) is 8.58. The second kappa shape index (κ2) is 6.52. The predicted octanol–water partition coefficient (Wildman–Crippen LogP) is 2.57. The molecule has 1 aliphatic rings. The highest BCUT2D eigenvalue weighted by atomic mass is 16.2. The molecule has 0 aromatic heterocycles. The first-order valence-electron chi connectivity index (χ1n) is 6.28. The molecule has 0 atom stereocenters. The highest BCUT2D eigenvalue weighted by Crippen LogP contribution is 2.29. The van der Waals surface area contributed by atoms with Crippen LogP contribution in [0.5, 0.6) is 0 Å². The van der Waals surface area contributed by atoms with Gasteiger partial charge in [-0.2, -0.15) is 5.26 Å². The van der Waals surface area contributed by atoms with E-state index in [2.05, 4.69) is 19.9 Å². The zero-order chi connectivity index (χ0) is 12.0. The Hall–Kier alpha value is -1.04. The Morgan fingerprint density at radius 1 is 1.50 bits per heavy atom. The van der Waals surface area contributed by atoms with Crippen molar-refractivity contribution in [2.75, 3.05) is 13.1 Å². The van der Waals surface area contributed by atoms with Crippen LogP contribution in [-0.2, 0) is 4.79 Å². The van der Waals surface area contributed by atoms with Crippen LogP contribution in [0.3, 0.4) is 0 Å². The Bertz CT molecular complexity index is 264. The van der Waals surface area contributed by atoms with Gasteiger partial charge in [0.05, 0.1) is 12.5 Å². The second-order valence-electron chi connectivity index (χ2n) is 5.14. The van der Waals surface area contributed by atoms with E-state index in [0.29, 0.717) is 31.2 Å². The molecular weight excluding hydrogens is 200 g/mol. The fourth-order valence-electron chi connectivity index (χ4n) is 2.02. The molecular formula is C13H22N2O. The summed E-state index contributed by atoms with van der Waals surface area (Å²) < 4.78 is 0. The molecule has 0 saturated heterocycles. The van der Waals surface area contributed by atoms with Gasteiger partial charge in [-0.3, -0.25) is 4.79 Å². The van der Waals surface area contributed by atoms with Gasteiger partial charge in [-0.25, -0.2) is 0 Å². The molecule has 90 valence electrons. The minimum absolute atomic E-state index is 0.244. The lowest BCUT2D eigenvalue weighted by Gasteiger charge is -2.29. The van der Waals surface area contributed by atoms with Crippen LogP contribution < -0.4 is 0 Å². The normalized spacial score (nSPS) is 15.6. The molecule has 0 spiro atoms. The summed E-state index contributed by atoms with van der Waals surface area (Å²) in [6, 6.07) is 2.11. The van der Waals surface area contributed by atoms with Crippen LogP contribution in [0.4, 0.5) is 0 Å². The lowest BCUT2D eigenvalue weighted by atomic mass is 9.82. The highest BCUT2D eigenvalue weighted by molar-refractivity contribution is 5.76. The Morgan fingerprint density at radius 3 is 2.62 bits per heavy atom. The second-order valence-corrected chi connectivity index (χ2v) is 5.14. The molecule has 3 nitrogen and oxygen atoms in total. The summed E-state index contributed by atoms with van der Waals surface area (Å²) in [6.07, 6.45) is 4.83. The van der Waals surface area contributed by atoms with E-state index in [1.807, 2.05) is 4.90 Å². The lowest BCUT2D eigenvalue weighted by molar-refractivity contribution is -0.133. The van der Waals surface area contributed by atoms with Crippen LogP contribution in [0.1, 0.15) is 46.0 Å². The topological polar surface area (TPSA) is 44.1 Å². The summed E-state index contributed by atoms with van der Waals surface area (Å²) in [7, 11) is 0. The Balaban J connectivity index is 2.39. The molecule has 3 heteroatoms.